The van der Waals surface area contributed by atoms with Crippen molar-refractivity contribution in [2.24, 2.45) is 10.2 Å². The molecule has 1 heterocycles. The summed E-state index contributed by atoms with van der Waals surface area (Å²) in [5, 5.41) is 8.40. The van der Waals surface area contributed by atoms with E-state index in [1.165, 1.54) is 5.69 Å². The van der Waals surface area contributed by atoms with Gasteiger partial charge in [-0.2, -0.15) is 10.2 Å². The lowest BCUT2D eigenvalue weighted by molar-refractivity contribution is 0.555. The second-order valence-electron chi connectivity index (χ2n) is 5.08. The summed E-state index contributed by atoms with van der Waals surface area (Å²) in [4.78, 5) is 16.0. The van der Waals surface area contributed by atoms with Gasteiger partial charge in [0.25, 0.3) is 0 Å². The molecule has 0 unspecified atom stereocenters. The number of azo groups is 1. The molecule has 3 aromatic rings. The van der Waals surface area contributed by atoms with Crippen LogP contribution in [0.3, 0.4) is 0 Å². The van der Waals surface area contributed by atoms with Gasteiger partial charge in [0.1, 0.15) is 0 Å². The highest BCUT2D eigenvalue weighted by molar-refractivity contribution is 5.75. The van der Waals surface area contributed by atoms with Crippen molar-refractivity contribution in [2.75, 3.05) is 18.0 Å². The van der Waals surface area contributed by atoms with Crippen LogP contribution in [0.1, 0.15) is 13.8 Å². The van der Waals surface area contributed by atoms with E-state index < -0.39 is 5.76 Å². The first-order valence-corrected chi connectivity index (χ1v) is 7.59. The Bertz CT molecular complexity index is 873. The molecule has 0 aliphatic rings. The Kier molecular flexibility index (Phi) is 4.23. The SMILES string of the molecule is CCN(CC)c1ccc(N=Nc2ccc3[nH]c(=O)oc3c2)cc1. The Hall–Kier alpha value is -2.89. The summed E-state index contributed by atoms with van der Waals surface area (Å²) < 4.78 is 5.01. The molecule has 0 saturated carbocycles. The zero-order chi connectivity index (χ0) is 16.2. The number of fused-ring (bicyclic) bond motifs is 1. The van der Waals surface area contributed by atoms with E-state index in [1.54, 1.807) is 18.2 Å². The van der Waals surface area contributed by atoms with E-state index in [1.807, 2.05) is 24.3 Å². The summed E-state index contributed by atoms with van der Waals surface area (Å²) in [6.45, 7) is 6.21. The minimum absolute atomic E-state index is 0.471. The van der Waals surface area contributed by atoms with Crippen LogP contribution in [-0.4, -0.2) is 18.1 Å². The largest absolute Gasteiger partial charge is 0.417 e. The molecule has 6 heteroatoms. The molecule has 0 radical (unpaired) electrons. The van der Waals surface area contributed by atoms with Gasteiger partial charge in [0, 0.05) is 24.8 Å². The topological polar surface area (TPSA) is 74.0 Å². The fourth-order valence-corrected chi connectivity index (χ4v) is 2.43. The average Bonchev–Trinajstić information content (AvgIpc) is 2.94. The van der Waals surface area contributed by atoms with E-state index >= 15 is 0 Å². The van der Waals surface area contributed by atoms with Gasteiger partial charge in [0.15, 0.2) is 5.58 Å². The number of nitrogens with one attached hydrogen (secondary N) is 1. The maximum Gasteiger partial charge on any atom is 0.417 e. The highest BCUT2D eigenvalue weighted by Gasteiger charge is 2.02. The molecule has 0 amide bonds. The van der Waals surface area contributed by atoms with Gasteiger partial charge in [-0.3, -0.25) is 4.98 Å². The van der Waals surface area contributed by atoms with E-state index in [-0.39, 0.29) is 0 Å². The molecular weight excluding hydrogens is 292 g/mol. The second-order valence-corrected chi connectivity index (χ2v) is 5.08. The number of rotatable bonds is 5. The zero-order valence-electron chi connectivity index (χ0n) is 13.1. The lowest BCUT2D eigenvalue weighted by Crippen LogP contribution is -2.21. The Morgan fingerprint density at radius 3 is 2.35 bits per heavy atom. The van der Waals surface area contributed by atoms with Crippen molar-refractivity contribution in [1.82, 2.24) is 4.98 Å². The number of anilines is 1. The highest BCUT2D eigenvalue weighted by atomic mass is 16.4. The normalized spacial score (nSPS) is 11.4. The number of aromatic nitrogens is 1. The van der Waals surface area contributed by atoms with Crippen LogP contribution in [0, 0.1) is 0 Å². The molecule has 1 N–H and O–H groups in total. The molecule has 0 saturated heterocycles. The van der Waals surface area contributed by atoms with E-state index in [0.717, 1.165) is 18.8 Å². The lowest BCUT2D eigenvalue weighted by Gasteiger charge is -2.20. The molecule has 0 fully saturated rings. The molecule has 3 rings (SSSR count). The molecule has 0 aliphatic carbocycles. The Balaban J connectivity index is 1.79. The minimum atomic E-state index is -0.471. The van der Waals surface area contributed by atoms with Crippen LogP contribution < -0.4 is 10.7 Å². The van der Waals surface area contributed by atoms with Crippen molar-refractivity contribution < 1.29 is 4.42 Å². The summed E-state index contributed by atoms with van der Waals surface area (Å²) in [5.41, 5.74) is 3.70. The first kappa shape index (κ1) is 15.0. The number of oxazole rings is 1. The van der Waals surface area contributed by atoms with E-state index in [2.05, 4.69) is 34.0 Å². The molecular formula is C17H18N4O2. The predicted molar refractivity (Wildman–Crippen MR) is 91.0 cm³/mol. The third-order valence-corrected chi connectivity index (χ3v) is 3.66. The van der Waals surface area contributed by atoms with E-state index in [9.17, 15) is 4.79 Å². The van der Waals surface area contributed by atoms with Gasteiger partial charge in [-0.25, -0.2) is 4.79 Å². The maximum absolute atomic E-state index is 11.1. The molecule has 0 atom stereocenters. The Morgan fingerprint density at radius 2 is 1.65 bits per heavy atom. The molecule has 0 aliphatic heterocycles. The summed E-state index contributed by atoms with van der Waals surface area (Å²) >= 11 is 0. The van der Waals surface area contributed by atoms with Crippen molar-refractivity contribution in [3.8, 4) is 0 Å². The van der Waals surface area contributed by atoms with Crippen molar-refractivity contribution in [2.45, 2.75) is 13.8 Å². The van der Waals surface area contributed by atoms with Crippen molar-refractivity contribution in [3.63, 3.8) is 0 Å². The van der Waals surface area contributed by atoms with Crippen LogP contribution >= 0.6 is 0 Å². The van der Waals surface area contributed by atoms with Crippen LogP contribution in [-0.2, 0) is 0 Å². The maximum atomic E-state index is 11.1. The first-order valence-electron chi connectivity index (χ1n) is 7.59. The standard InChI is InChI=1S/C17H18N4O2/c1-3-21(4-2)14-8-5-12(6-9-14)19-20-13-7-10-15-16(11-13)23-17(22)18-15/h5-11H,3-4H2,1-2H3,(H,18,22). The molecule has 118 valence electrons. The van der Waals surface area contributed by atoms with E-state index in [4.69, 9.17) is 4.42 Å². The summed E-state index contributed by atoms with van der Waals surface area (Å²) in [7, 11) is 0. The quantitative estimate of drug-likeness (QED) is 0.710. The fourth-order valence-electron chi connectivity index (χ4n) is 2.43. The number of nitrogens with zero attached hydrogens (tertiary/aromatic N) is 3. The van der Waals surface area contributed by atoms with Gasteiger partial charge >= 0.3 is 5.76 Å². The van der Waals surface area contributed by atoms with Crippen molar-refractivity contribution in [3.05, 3.63) is 53.0 Å². The van der Waals surface area contributed by atoms with Crippen LogP contribution in [0.15, 0.2) is 61.9 Å². The zero-order valence-corrected chi connectivity index (χ0v) is 13.1. The van der Waals surface area contributed by atoms with Gasteiger partial charge in [0.05, 0.1) is 16.9 Å². The molecule has 2 aromatic carbocycles. The Labute approximate surface area is 133 Å². The third kappa shape index (κ3) is 3.31. The van der Waals surface area contributed by atoms with Crippen LogP contribution in [0.25, 0.3) is 11.1 Å². The molecule has 0 bridgehead atoms. The monoisotopic (exact) mass is 310 g/mol. The Morgan fingerprint density at radius 1 is 1.00 bits per heavy atom. The predicted octanol–water partition coefficient (Wildman–Crippen LogP) is 4.38. The lowest BCUT2D eigenvalue weighted by atomic mass is 10.2. The number of hydrogen-bond acceptors (Lipinski definition) is 5. The highest BCUT2D eigenvalue weighted by Crippen LogP contribution is 2.24. The van der Waals surface area contributed by atoms with Gasteiger partial charge in [-0.15, -0.1) is 0 Å². The second kappa shape index (κ2) is 6.48. The summed E-state index contributed by atoms with van der Waals surface area (Å²) in [6, 6.07) is 13.2. The fraction of sp³-hybridized carbons (Fsp3) is 0.235. The van der Waals surface area contributed by atoms with Crippen LogP contribution in [0.5, 0.6) is 0 Å². The van der Waals surface area contributed by atoms with Gasteiger partial charge in [-0.1, -0.05) is 0 Å². The minimum Gasteiger partial charge on any atom is -0.408 e. The van der Waals surface area contributed by atoms with Crippen LogP contribution in [0.4, 0.5) is 17.1 Å². The number of hydrogen-bond donors (Lipinski definition) is 1. The first-order chi connectivity index (χ1) is 11.2. The van der Waals surface area contributed by atoms with Crippen LogP contribution in [0.2, 0.25) is 0 Å². The molecule has 23 heavy (non-hydrogen) atoms. The van der Waals surface area contributed by atoms with Gasteiger partial charge in [0.2, 0.25) is 0 Å². The van der Waals surface area contributed by atoms with Crippen molar-refractivity contribution in [1.29, 1.82) is 0 Å². The smallest absolute Gasteiger partial charge is 0.408 e. The molecule has 0 spiro atoms. The average molecular weight is 310 g/mol. The van der Waals surface area contributed by atoms with Gasteiger partial charge < -0.3 is 9.32 Å². The number of aromatic amines is 1. The van der Waals surface area contributed by atoms with Gasteiger partial charge in [-0.05, 0) is 50.2 Å². The number of benzene rings is 2. The summed E-state index contributed by atoms with van der Waals surface area (Å²) in [6.07, 6.45) is 0. The van der Waals surface area contributed by atoms with Crippen molar-refractivity contribution >= 4 is 28.2 Å². The number of H-pyrrole nitrogens is 1. The molecule has 6 nitrogen and oxygen atoms in total. The van der Waals surface area contributed by atoms with E-state index in [0.29, 0.717) is 16.8 Å². The molecule has 1 aromatic heterocycles. The third-order valence-electron chi connectivity index (χ3n) is 3.66. The summed E-state index contributed by atoms with van der Waals surface area (Å²) in [5.74, 6) is -0.471.